The molecule has 1 saturated heterocycles. The molecule has 0 aromatic heterocycles. The van der Waals surface area contributed by atoms with Crippen LogP contribution >= 0.6 is 0 Å². The van der Waals surface area contributed by atoms with E-state index in [1.807, 2.05) is 0 Å². The summed E-state index contributed by atoms with van der Waals surface area (Å²) in [6.07, 6.45) is 0.314. The molecule has 10 heteroatoms. The molecule has 1 atom stereocenters. The fourth-order valence-electron chi connectivity index (χ4n) is 2.08. The van der Waals surface area contributed by atoms with Crippen LogP contribution in [-0.2, 0) is 14.6 Å². The number of rotatable bonds is 5. The average molecular weight is 332 g/mol. The molecular formula is C12H13FN2O6S. The van der Waals surface area contributed by atoms with Crippen LogP contribution in [0.3, 0.4) is 0 Å². The van der Waals surface area contributed by atoms with Crippen LogP contribution in [0.25, 0.3) is 0 Å². The van der Waals surface area contributed by atoms with E-state index >= 15 is 0 Å². The van der Waals surface area contributed by atoms with Crippen molar-refractivity contribution in [3.05, 3.63) is 34.1 Å². The zero-order valence-corrected chi connectivity index (χ0v) is 12.1. The van der Waals surface area contributed by atoms with Crippen LogP contribution in [0.5, 0.6) is 5.75 Å². The molecule has 22 heavy (non-hydrogen) atoms. The molecule has 1 fully saturated rings. The van der Waals surface area contributed by atoms with Gasteiger partial charge < -0.3 is 10.1 Å². The van der Waals surface area contributed by atoms with Crippen LogP contribution in [0.2, 0.25) is 0 Å². The van der Waals surface area contributed by atoms with Crippen LogP contribution in [-0.4, -0.2) is 43.4 Å². The number of hydrogen-bond acceptors (Lipinski definition) is 6. The molecule has 8 nitrogen and oxygen atoms in total. The highest BCUT2D eigenvalue weighted by Gasteiger charge is 2.29. The second-order valence-corrected chi connectivity index (χ2v) is 7.05. The first kappa shape index (κ1) is 16.1. The fourth-order valence-corrected chi connectivity index (χ4v) is 3.75. The minimum Gasteiger partial charge on any atom is -0.477 e. The van der Waals surface area contributed by atoms with E-state index in [4.69, 9.17) is 4.74 Å². The van der Waals surface area contributed by atoms with Crippen molar-refractivity contribution >= 4 is 21.4 Å². The third-order valence-corrected chi connectivity index (χ3v) is 4.84. The lowest BCUT2D eigenvalue weighted by atomic mass is 10.2. The zero-order chi connectivity index (χ0) is 16.3. The minimum absolute atomic E-state index is 0.00811. The van der Waals surface area contributed by atoms with Gasteiger partial charge in [0.25, 0.3) is 5.91 Å². The van der Waals surface area contributed by atoms with E-state index in [0.29, 0.717) is 6.42 Å². The number of nitrogens with one attached hydrogen (secondary N) is 1. The second kappa shape index (κ2) is 6.26. The summed E-state index contributed by atoms with van der Waals surface area (Å²) in [4.78, 5) is 21.7. The molecule has 0 bridgehead atoms. The standard InChI is InChI=1S/C12H13FN2O6S/c13-8-1-2-10(15(17)18)11(5-8)21-6-12(16)14-9-3-4-22(19,20)7-9/h1-2,5,9H,3-4,6-7H2,(H,14,16)/t9-/m1/s1. The van der Waals surface area contributed by atoms with Gasteiger partial charge in [-0.15, -0.1) is 0 Å². The number of sulfone groups is 1. The summed E-state index contributed by atoms with van der Waals surface area (Å²) < 4.78 is 40.6. The van der Waals surface area contributed by atoms with Gasteiger partial charge in [0.05, 0.1) is 16.4 Å². The van der Waals surface area contributed by atoms with E-state index in [-0.39, 0.29) is 17.3 Å². The Balaban J connectivity index is 1.94. The van der Waals surface area contributed by atoms with Crippen molar-refractivity contribution in [2.45, 2.75) is 12.5 Å². The predicted octanol–water partition coefficient (Wildman–Crippen LogP) is 0.416. The van der Waals surface area contributed by atoms with Crippen molar-refractivity contribution < 1.29 is 27.3 Å². The molecule has 0 aliphatic carbocycles. The fraction of sp³-hybridized carbons (Fsp3) is 0.417. The first-order valence-electron chi connectivity index (χ1n) is 6.33. The van der Waals surface area contributed by atoms with E-state index in [0.717, 1.165) is 18.2 Å². The maximum atomic E-state index is 13.1. The molecule has 0 saturated carbocycles. The number of nitro benzene ring substituents is 1. The number of benzene rings is 1. The third kappa shape index (κ3) is 4.13. The summed E-state index contributed by atoms with van der Waals surface area (Å²) in [6.45, 7) is -0.569. The van der Waals surface area contributed by atoms with Crippen LogP contribution in [0.15, 0.2) is 18.2 Å². The second-order valence-electron chi connectivity index (χ2n) is 4.83. The first-order chi connectivity index (χ1) is 10.3. The topological polar surface area (TPSA) is 116 Å². The van der Waals surface area contributed by atoms with Gasteiger partial charge in [-0.2, -0.15) is 0 Å². The van der Waals surface area contributed by atoms with Crippen molar-refractivity contribution in [2.75, 3.05) is 18.1 Å². The first-order valence-corrected chi connectivity index (χ1v) is 8.15. The number of hydrogen-bond donors (Lipinski definition) is 1. The van der Waals surface area contributed by atoms with Crippen molar-refractivity contribution in [1.29, 1.82) is 0 Å². The summed E-state index contributed by atoms with van der Waals surface area (Å²) in [6, 6.07) is 2.16. The van der Waals surface area contributed by atoms with Gasteiger partial charge in [-0.3, -0.25) is 14.9 Å². The maximum absolute atomic E-state index is 13.1. The van der Waals surface area contributed by atoms with Gasteiger partial charge >= 0.3 is 5.69 Å². The Bertz CT molecular complexity index is 706. The Morgan fingerprint density at radius 1 is 1.50 bits per heavy atom. The Kier molecular flexibility index (Phi) is 4.59. The number of amides is 1. The zero-order valence-electron chi connectivity index (χ0n) is 11.3. The van der Waals surface area contributed by atoms with Crippen LogP contribution < -0.4 is 10.1 Å². The Labute approximate surface area is 125 Å². The molecule has 0 spiro atoms. The average Bonchev–Trinajstić information content (AvgIpc) is 2.75. The molecular weight excluding hydrogens is 319 g/mol. The summed E-state index contributed by atoms with van der Waals surface area (Å²) in [5.74, 6) is -1.85. The summed E-state index contributed by atoms with van der Waals surface area (Å²) in [5.41, 5.74) is -0.461. The minimum atomic E-state index is -3.13. The van der Waals surface area contributed by atoms with Gasteiger partial charge in [0.2, 0.25) is 5.75 Å². The SMILES string of the molecule is O=C(COc1cc(F)ccc1[N+](=O)[O-])N[C@@H]1CCS(=O)(=O)C1. The Morgan fingerprint density at radius 2 is 2.23 bits per heavy atom. The van der Waals surface area contributed by atoms with E-state index in [9.17, 15) is 27.7 Å². The molecule has 1 heterocycles. The molecule has 120 valence electrons. The predicted molar refractivity (Wildman–Crippen MR) is 73.8 cm³/mol. The maximum Gasteiger partial charge on any atom is 0.311 e. The highest BCUT2D eigenvalue weighted by atomic mass is 32.2. The largest absolute Gasteiger partial charge is 0.477 e. The van der Waals surface area contributed by atoms with E-state index in [1.165, 1.54) is 0 Å². The normalized spacial score (nSPS) is 19.6. The summed E-state index contributed by atoms with van der Waals surface area (Å²) >= 11 is 0. The van der Waals surface area contributed by atoms with Crippen molar-refractivity contribution in [1.82, 2.24) is 5.32 Å². The molecule has 1 aromatic carbocycles. The van der Waals surface area contributed by atoms with E-state index < -0.39 is 44.8 Å². The van der Waals surface area contributed by atoms with Gasteiger partial charge in [-0.05, 0) is 12.5 Å². The van der Waals surface area contributed by atoms with Gasteiger partial charge in [0, 0.05) is 18.2 Å². The lowest BCUT2D eigenvalue weighted by molar-refractivity contribution is -0.385. The van der Waals surface area contributed by atoms with Gasteiger partial charge in [-0.25, -0.2) is 12.8 Å². The highest BCUT2D eigenvalue weighted by molar-refractivity contribution is 7.91. The molecule has 0 unspecified atom stereocenters. The quantitative estimate of drug-likeness (QED) is 0.617. The van der Waals surface area contributed by atoms with Crippen molar-refractivity contribution in [2.24, 2.45) is 0 Å². The van der Waals surface area contributed by atoms with E-state index in [1.54, 1.807) is 0 Å². The Hall–Kier alpha value is -2.23. The number of ether oxygens (including phenoxy) is 1. The summed E-state index contributed by atoms with van der Waals surface area (Å²) in [7, 11) is -3.13. The van der Waals surface area contributed by atoms with Gasteiger partial charge in [0.15, 0.2) is 16.4 Å². The smallest absolute Gasteiger partial charge is 0.311 e. The lowest BCUT2D eigenvalue weighted by Gasteiger charge is -2.11. The van der Waals surface area contributed by atoms with Gasteiger partial charge in [-0.1, -0.05) is 0 Å². The van der Waals surface area contributed by atoms with Crippen LogP contribution in [0, 0.1) is 15.9 Å². The summed E-state index contributed by atoms with van der Waals surface area (Å²) in [5, 5.41) is 13.2. The lowest BCUT2D eigenvalue weighted by Crippen LogP contribution is -2.38. The molecule has 1 aromatic rings. The number of halogens is 1. The number of carbonyl (C=O) groups is 1. The van der Waals surface area contributed by atoms with Crippen molar-refractivity contribution in [3.8, 4) is 5.75 Å². The van der Waals surface area contributed by atoms with Crippen molar-refractivity contribution in [3.63, 3.8) is 0 Å². The van der Waals surface area contributed by atoms with Crippen LogP contribution in [0.4, 0.5) is 10.1 Å². The van der Waals surface area contributed by atoms with Gasteiger partial charge in [0.1, 0.15) is 5.82 Å². The molecule has 0 radical (unpaired) electrons. The molecule has 2 rings (SSSR count). The third-order valence-electron chi connectivity index (χ3n) is 3.07. The number of nitro groups is 1. The highest BCUT2D eigenvalue weighted by Crippen LogP contribution is 2.27. The van der Waals surface area contributed by atoms with Crippen LogP contribution in [0.1, 0.15) is 6.42 Å². The Morgan fingerprint density at radius 3 is 2.82 bits per heavy atom. The number of nitrogens with zero attached hydrogens (tertiary/aromatic N) is 1. The molecule has 1 aliphatic heterocycles. The molecule has 1 amide bonds. The molecule has 1 N–H and O–H groups in total. The molecule has 1 aliphatic rings. The number of carbonyl (C=O) groups excluding carboxylic acids is 1. The monoisotopic (exact) mass is 332 g/mol. The van der Waals surface area contributed by atoms with E-state index in [2.05, 4.69) is 5.32 Å².